The molecule has 0 radical (unpaired) electrons. The van der Waals surface area contributed by atoms with Crippen molar-refractivity contribution in [1.82, 2.24) is 0 Å². The molecule has 0 unspecified atom stereocenters. The number of hydrogen-bond acceptors (Lipinski definition) is 5. The molecule has 0 heterocycles. The van der Waals surface area contributed by atoms with Crippen LogP contribution in [-0.4, -0.2) is 32.0 Å². The lowest BCUT2D eigenvalue weighted by molar-refractivity contribution is 0.0730. The molecule has 2 rings (SSSR count). The highest BCUT2D eigenvalue weighted by atomic mass is 32.2. The summed E-state index contributed by atoms with van der Waals surface area (Å²) in [6, 6.07) is 12.4. The Morgan fingerprint density at radius 3 is 2.12 bits per heavy atom. The molecule has 2 aromatic carbocycles. The van der Waals surface area contributed by atoms with Gasteiger partial charge in [0.25, 0.3) is 10.1 Å². The number of esters is 1. The summed E-state index contributed by atoms with van der Waals surface area (Å²) >= 11 is 0. The van der Waals surface area contributed by atoms with Crippen LogP contribution in [0.3, 0.4) is 0 Å². The summed E-state index contributed by atoms with van der Waals surface area (Å²) in [5, 5.41) is 0. The van der Waals surface area contributed by atoms with E-state index in [1.54, 1.807) is 12.1 Å². The summed E-state index contributed by atoms with van der Waals surface area (Å²) in [7, 11) is -4.51. The first-order valence-corrected chi connectivity index (χ1v) is 9.94. The van der Waals surface area contributed by atoms with Crippen LogP contribution in [0.1, 0.15) is 37.0 Å². The second kappa shape index (κ2) is 8.82. The van der Waals surface area contributed by atoms with Gasteiger partial charge in [0.15, 0.2) is 0 Å². The Morgan fingerprint density at radius 1 is 1.00 bits per heavy atom. The van der Waals surface area contributed by atoms with Crippen LogP contribution in [0.2, 0.25) is 0 Å². The van der Waals surface area contributed by atoms with Gasteiger partial charge in [-0.05, 0) is 49.2 Å². The first kappa shape index (κ1) is 19.9. The van der Waals surface area contributed by atoms with E-state index in [9.17, 15) is 17.8 Å². The van der Waals surface area contributed by atoms with Crippen LogP contribution in [0, 0.1) is 0 Å². The maximum absolute atomic E-state index is 12.3. The van der Waals surface area contributed by atoms with E-state index in [1.165, 1.54) is 18.2 Å². The zero-order valence-corrected chi connectivity index (χ0v) is 15.7. The predicted octanol–water partition coefficient (Wildman–Crippen LogP) is 3.78. The number of carbonyl (C=O) groups excluding carboxylic acids is 1. The Kier molecular flexibility index (Phi) is 6.76. The van der Waals surface area contributed by atoms with Gasteiger partial charge in [-0.1, -0.05) is 26.0 Å². The zero-order valence-electron chi connectivity index (χ0n) is 14.9. The third-order valence-corrected chi connectivity index (χ3v) is 4.70. The summed E-state index contributed by atoms with van der Waals surface area (Å²) in [6.45, 7) is 6.11. The Hall–Kier alpha value is -2.38. The maximum Gasteiger partial charge on any atom is 0.344 e. The molecule has 0 spiro atoms. The average Bonchev–Trinajstić information content (AvgIpc) is 2.61. The highest BCUT2D eigenvalue weighted by molar-refractivity contribution is 7.86. The fraction of sp³-hybridized carbons (Fsp3) is 0.316. The van der Waals surface area contributed by atoms with Crippen molar-refractivity contribution in [3.8, 4) is 5.75 Å². The standard InChI is InChI=1S/C19H23NO5S/c1-3-13-20(14-4-2)15-9-11-16(12-10-15)25-19(21)17-7-5-6-8-18(17)26(22,23)24/h5-12H,3-4,13-14H2,1-2H3,(H,22,23,24). The van der Waals surface area contributed by atoms with Crippen molar-refractivity contribution in [3.63, 3.8) is 0 Å². The van der Waals surface area contributed by atoms with Crippen molar-refractivity contribution in [1.29, 1.82) is 0 Å². The molecular weight excluding hydrogens is 354 g/mol. The molecular formula is C19H23NO5S. The largest absolute Gasteiger partial charge is 0.423 e. The van der Waals surface area contributed by atoms with Crippen molar-refractivity contribution in [2.24, 2.45) is 0 Å². The van der Waals surface area contributed by atoms with Gasteiger partial charge in [0.1, 0.15) is 10.6 Å². The summed E-state index contributed by atoms with van der Waals surface area (Å²) in [5.41, 5.74) is 0.824. The van der Waals surface area contributed by atoms with E-state index in [-0.39, 0.29) is 5.56 Å². The molecule has 26 heavy (non-hydrogen) atoms. The Labute approximate surface area is 154 Å². The molecule has 0 saturated carbocycles. The molecule has 0 saturated heterocycles. The molecule has 0 aliphatic carbocycles. The number of carbonyl (C=O) groups is 1. The van der Waals surface area contributed by atoms with Crippen molar-refractivity contribution in [2.45, 2.75) is 31.6 Å². The fourth-order valence-corrected chi connectivity index (χ4v) is 3.34. The van der Waals surface area contributed by atoms with Crippen molar-refractivity contribution in [2.75, 3.05) is 18.0 Å². The molecule has 0 atom stereocenters. The quantitative estimate of drug-likeness (QED) is 0.428. The van der Waals surface area contributed by atoms with Gasteiger partial charge in [-0.25, -0.2) is 4.79 Å². The topological polar surface area (TPSA) is 83.9 Å². The summed E-state index contributed by atoms with van der Waals surface area (Å²) < 4.78 is 37.3. The van der Waals surface area contributed by atoms with E-state index in [1.807, 2.05) is 12.1 Å². The monoisotopic (exact) mass is 377 g/mol. The molecule has 0 fully saturated rings. The van der Waals surface area contributed by atoms with Gasteiger partial charge in [0.05, 0.1) is 5.56 Å². The van der Waals surface area contributed by atoms with Crippen molar-refractivity contribution < 1.29 is 22.5 Å². The molecule has 0 aliphatic rings. The van der Waals surface area contributed by atoms with E-state index >= 15 is 0 Å². The van der Waals surface area contributed by atoms with E-state index in [0.29, 0.717) is 5.75 Å². The number of nitrogens with zero attached hydrogens (tertiary/aromatic N) is 1. The first-order valence-electron chi connectivity index (χ1n) is 8.50. The molecule has 2 aromatic rings. The van der Waals surface area contributed by atoms with E-state index in [0.717, 1.165) is 37.7 Å². The predicted molar refractivity (Wildman–Crippen MR) is 100 cm³/mol. The Bertz CT molecular complexity index is 840. The number of benzene rings is 2. The molecule has 1 N–H and O–H groups in total. The third kappa shape index (κ3) is 5.06. The van der Waals surface area contributed by atoms with Gasteiger partial charge in [-0.15, -0.1) is 0 Å². The molecule has 7 heteroatoms. The van der Waals surface area contributed by atoms with Crippen LogP contribution < -0.4 is 9.64 Å². The zero-order chi connectivity index (χ0) is 19.2. The second-order valence-corrected chi connectivity index (χ2v) is 7.23. The lowest BCUT2D eigenvalue weighted by Crippen LogP contribution is -2.24. The number of hydrogen-bond donors (Lipinski definition) is 1. The van der Waals surface area contributed by atoms with Gasteiger partial charge in [-0.2, -0.15) is 8.42 Å². The van der Waals surface area contributed by atoms with Crippen LogP contribution in [0.5, 0.6) is 5.75 Å². The van der Waals surface area contributed by atoms with Crippen LogP contribution in [-0.2, 0) is 10.1 Å². The van der Waals surface area contributed by atoms with E-state index in [4.69, 9.17) is 4.74 Å². The number of ether oxygens (including phenoxy) is 1. The van der Waals surface area contributed by atoms with Crippen LogP contribution in [0.4, 0.5) is 5.69 Å². The minimum Gasteiger partial charge on any atom is -0.423 e. The van der Waals surface area contributed by atoms with Crippen molar-refractivity contribution in [3.05, 3.63) is 54.1 Å². The Morgan fingerprint density at radius 2 is 1.58 bits per heavy atom. The molecule has 0 bridgehead atoms. The molecule has 6 nitrogen and oxygen atoms in total. The average molecular weight is 377 g/mol. The minimum absolute atomic E-state index is 0.210. The highest BCUT2D eigenvalue weighted by Gasteiger charge is 2.21. The highest BCUT2D eigenvalue weighted by Crippen LogP contribution is 2.22. The molecule has 0 amide bonds. The lowest BCUT2D eigenvalue weighted by atomic mass is 10.2. The summed E-state index contributed by atoms with van der Waals surface area (Å²) in [6.07, 6.45) is 2.06. The lowest BCUT2D eigenvalue weighted by Gasteiger charge is -2.23. The summed E-state index contributed by atoms with van der Waals surface area (Å²) in [5.74, 6) is -0.540. The Balaban J connectivity index is 2.18. The minimum atomic E-state index is -4.51. The van der Waals surface area contributed by atoms with Gasteiger partial charge < -0.3 is 9.64 Å². The number of rotatable bonds is 8. The van der Waals surface area contributed by atoms with Crippen LogP contribution >= 0.6 is 0 Å². The van der Waals surface area contributed by atoms with Gasteiger partial charge in [0, 0.05) is 18.8 Å². The van der Waals surface area contributed by atoms with Gasteiger partial charge >= 0.3 is 5.97 Å². The fourth-order valence-electron chi connectivity index (χ4n) is 2.66. The SMILES string of the molecule is CCCN(CCC)c1ccc(OC(=O)c2ccccc2S(=O)(=O)O)cc1. The maximum atomic E-state index is 12.3. The third-order valence-electron chi connectivity index (χ3n) is 3.78. The van der Waals surface area contributed by atoms with E-state index in [2.05, 4.69) is 18.7 Å². The number of anilines is 1. The smallest absolute Gasteiger partial charge is 0.344 e. The normalized spacial score (nSPS) is 11.2. The summed E-state index contributed by atoms with van der Waals surface area (Å²) in [4.78, 5) is 14.1. The van der Waals surface area contributed by atoms with Crippen LogP contribution in [0.15, 0.2) is 53.4 Å². The van der Waals surface area contributed by atoms with E-state index < -0.39 is 21.0 Å². The first-order chi connectivity index (χ1) is 12.4. The molecule has 0 aliphatic heterocycles. The molecule has 140 valence electrons. The van der Waals surface area contributed by atoms with Crippen molar-refractivity contribution >= 4 is 21.8 Å². The molecule has 0 aromatic heterocycles. The van der Waals surface area contributed by atoms with Gasteiger partial charge in [0.2, 0.25) is 0 Å². The van der Waals surface area contributed by atoms with Gasteiger partial charge in [-0.3, -0.25) is 4.55 Å². The second-order valence-electron chi connectivity index (χ2n) is 5.84. The van der Waals surface area contributed by atoms with Crippen LogP contribution in [0.25, 0.3) is 0 Å².